The monoisotopic (exact) mass is 487 g/mol. The molecule has 0 radical (unpaired) electrons. The van der Waals surface area contributed by atoms with Crippen LogP contribution >= 0.6 is 0 Å². The number of amides is 1. The first-order valence-corrected chi connectivity index (χ1v) is 12.3. The molecule has 0 saturated heterocycles. The number of carboxylic acids is 1. The smallest absolute Gasteiger partial charge is 0.306 e. The average Bonchev–Trinajstić information content (AvgIpc) is 3.04. The maximum Gasteiger partial charge on any atom is 0.306 e. The third-order valence-corrected chi connectivity index (χ3v) is 6.91. The van der Waals surface area contributed by atoms with Gasteiger partial charge in [-0.1, -0.05) is 79.9 Å². The molecule has 0 spiro atoms. The van der Waals surface area contributed by atoms with E-state index < -0.39 is 17.7 Å². The molecule has 3 aromatic rings. The maximum absolute atomic E-state index is 12.5. The second kappa shape index (κ2) is 11.4. The summed E-state index contributed by atoms with van der Waals surface area (Å²) in [5.74, 6) is -0.171. The number of aliphatic carboxylic acids is 1. The highest BCUT2D eigenvalue weighted by molar-refractivity contribution is 5.97. The highest BCUT2D eigenvalue weighted by Gasteiger charge is 2.43. The van der Waals surface area contributed by atoms with Crippen molar-refractivity contribution in [2.24, 2.45) is 11.7 Å². The molecule has 3 aromatic carbocycles. The van der Waals surface area contributed by atoms with Gasteiger partial charge in [0.2, 0.25) is 0 Å². The summed E-state index contributed by atoms with van der Waals surface area (Å²) in [7, 11) is 1.64. The lowest BCUT2D eigenvalue weighted by atomic mass is 9.76. The first-order chi connectivity index (χ1) is 17.5. The number of rotatable bonds is 4. The number of methoxy groups -OCH3 is 1. The number of carbonyl (C=O) groups excluding carboxylic acids is 1. The molecule has 5 rings (SSSR count). The summed E-state index contributed by atoms with van der Waals surface area (Å²) in [5, 5.41) is 14.9. The molecule has 1 heterocycles. The van der Waals surface area contributed by atoms with Gasteiger partial charge in [0, 0.05) is 11.3 Å². The van der Waals surface area contributed by atoms with Crippen molar-refractivity contribution in [3.8, 4) is 5.75 Å². The molecular formula is C29H33N3O4. The van der Waals surface area contributed by atoms with E-state index >= 15 is 0 Å². The molecule has 188 valence electrons. The molecule has 1 amide bonds. The van der Waals surface area contributed by atoms with Crippen LogP contribution in [0.4, 0.5) is 5.69 Å². The number of para-hydroxylation sites is 1. The number of benzene rings is 3. The van der Waals surface area contributed by atoms with Gasteiger partial charge in [0.25, 0.3) is 5.91 Å². The zero-order valence-corrected chi connectivity index (χ0v) is 20.4. The molecule has 0 aromatic heterocycles. The highest BCUT2D eigenvalue weighted by Crippen LogP contribution is 2.42. The Morgan fingerprint density at radius 2 is 1.61 bits per heavy atom. The Morgan fingerprint density at radius 1 is 0.944 bits per heavy atom. The quantitative estimate of drug-likeness (QED) is 0.432. The molecule has 36 heavy (non-hydrogen) atoms. The van der Waals surface area contributed by atoms with Crippen LogP contribution in [-0.2, 0) is 15.1 Å². The van der Waals surface area contributed by atoms with E-state index in [2.05, 4.69) is 10.6 Å². The number of hydrogen-bond acceptors (Lipinski definition) is 5. The summed E-state index contributed by atoms with van der Waals surface area (Å²) in [5.41, 5.74) is 8.98. The number of carbonyl (C=O) groups is 2. The Labute approximate surface area is 211 Å². The lowest BCUT2D eigenvalue weighted by Gasteiger charge is -2.37. The van der Waals surface area contributed by atoms with Gasteiger partial charge in [0.15, 0.2) is 0 Å². The maximum atomic E-state index is 12.5. The first kappa shape index (κ1) is 25.4. The number of anilines is 1. The summed E-state index contributed by atoms with van der Waals surface area (Å²) in [6, 6.07) is 25.6. The van der Waals surface area contributed by atoms with Crippen molar-refractivity contribution in [2.45, 2.75) is 43.8 Å². The van der Waals surface area contributed by atoms with Crippen LogP contribution in [0.3, 0.4) is 0 Å². The molecule has 7 nitrogen and oxygen atoms in total. The fraction of sp³-hybridized carbons (Fsp3) is 0.310. The fourth-order valence-corrected chi connectivity index (χ4v) is 5.04. The molecule has 2 unspecified atom stereocenters. The van der Waals surface area contributed by atoms with Crippen molar-refractivity contribution in [3.05, 3.63) is 95.6 Å². The largest absolute Gasteiger partial charge is 0.497 e. The van der Waals surface area contributed by atoms with E-state index in [1.807, 2.05) is 78.9 Å². The van der Waals surface area contributed by atoms with Gasteiger partial charge in [0.05, 0.1) is 18.6 Å². The minimum Gasteiger partial charge on any atom is -0.497 e. The molecule has 0 bridgehead atoms. The fourth-order valence-electron chi connectivity index (χ4n) is 5.04. The van der Waals surface area contributed by atoms with Gasteiger partial charge in [-0.15, -0.1) is 0 Å². The van der Waals surface area contributed by atoms with Crippen LogP contribution in [0.15, 0.2) is 78.9 Å². The zero-order valence-electron chi connectivity index (χ0n) is 20.4. The Hall–Kier alpha value is -3.68. The first-order valence-electron chi connectivity index (χ1n) is 12.3. The topological polar surface area (TPSA) is 114 Å². The number of nitrogens with two attached hydrogens (primary N) is 1. The van der Waals surface area contributed by atoms with E-state index in [1.165, 1.54) is 6.42 Å². The summed E-state index contributed by atoms with van der Waals surface area (Å²) < 4.78 is 5.45. The Morgan fingerprint density at radius 3 is 2.28 bits per heavy atom. The molecule has 1 aliphatic carbocycles. The SMILES string of the molecule is COc1cccc(C2(c3ccccc3)NC(N)C(=O)Nc3ccccc32)c1.O=C(O)C1CCCCC1. The van der Waals surface area contributed by atoms with Crippen LogP contribution in [0.25, 0.3) is 0 Å². The van der Waals surface area contributed by atoms with Gasteiger partial charge >= 0.3 is 5.97 Å². The summed E-state index contributed by atoms with van der Waals surface area (Å²) >= 11 is 0. The minimum atomic E-state index is -0.885. The van der Waals surface area contributed by atoms with Gasteiger partial charge in [-0.05, 0) is 42.2 Å². The van der Waals surface area contributed by atoms with Crippen LogP contribution < -0.4 is 21.1 Å². The Bertz CT molecular complexity index is 1190. The van der Waals surface area contributed by atoms with Gasteiger partial charge in [0.1, 0.15) is 11.9 Å². The molecule has 1 aliphatic heterocycles. The summed E-state index contributed by atoms with van der Waals surface area (Å²) in [6.45, 7) is 0. The predicted molar refractivity (Wildman–Crippen MR) is 140 cm³/mol. The normalized spacial score (nSPS) is 21.7. The van der Waals surface area contributed by atoms with Crippen LogP contribution in [0.1, 0.15) is 48.8 Å². The summed E-state index contributed by atoms with van der Waals surface area (Å²) in [6.07, 6.45) is 4.35. The van der Waals surface area contributed by atoms with Crippen LogP contribution in [0, 0.1) is 5.92 Å². The number of fused-ring (bicyclic) bond motifs is 1. The van der Waals surface area contributed by atoms with E-state index in [9.17, 15) is 9.59 Å². The minimum absolute atomic E-state index is 0.0289. The van der Waals surface area contributed by atoms with E-state index in [-0.39, 0.29) is 11.8 Å². The van der Waals surface area contributed by atoms with E-state index in [4.69, 9.17) is 15.6 Å². The van der Waals surface area contributed by atoms with Crippen molar-refractivity contribution in [1.82, 2.24) is 5.32 Å². The Kier molecular flexibility index (Phi) is 8.03. The predicted octanol–water partition coefficient (Wildman–Crippen LogP) is 4.46. The van der Waals surface area contributed by atoms with Crippen molar-refractivity contribution in [1.29, 1.82) is 0 Å². The number of nitrogens with one attached hydrogen (secondary N) is 2. The zero-order chi connectivity index (χ0) is 25.5. The molecule has 7 heteroatoms. The van der Waals surface area contributed by atoms with E-state index in [0.29, 0.717) is 0 Å². The van der Waals surface area contributed by atoms with Crippen LogP contribution in [0.5, 0.6) is 5.75 Å². The standard InChI is InChI=1S/C22H21N3O2.C7H12O2/c1-27-17-11-7-10-16(14-17)22(15-8-3-2-4-9-15)18-12-5-6-13-19(18)24-21(26)20(23)25-22;8-7(9)6-4-2-1-3-5-6/h2-14,20,25H,23H2,1H3,(H,24,26);6H,1-5H2,(H,8,9). The number of hydrogen-bond donors (Lipinski definition) is 4. The van der Waals surface area contributed by atoms with E-state index in [0.717, 1.165) is 53.8 Å². The second-order valence-corrected chi connectivity index (χ2v) is 9.18. The molecule has 1 fully saturated rings. The Balaban J connectivity index is 0.000000286. The van der Waals surface area contributed by atoms with Crippen molar-refractivity contribution < 1.29 is 19.4 Å². The molecule has 1 saturated carbocycles. The van der Waals surface area contributed by atoms with Crippen LogP contribution in [-0.4, -0.2) is 30.3 Å². The van der Waals surface area contributed by atoms with Crippen molar-refractivity contribution >= 4 is 17.6 Å². The second-order valence-electron chi connectivity index (χ2n) is 9.18. The summed E-state index contributed by atoms with van der Waals surface area (Å²) in [4.78, 5) is 22.9. The van der Waals surface area contributed by atoms with Crippen molar-refractivity contribution in [3.63, 3.8) is 0 Å². The van der Waals surface area contributed by atoms with Crippen LogP contribution in [0.2, 0.25) is 0 Å². The molecule has 2 aliphatic rings. The van der Waals surface area contributed by atoms with Gasteiger partial charge in [-0.25, -0.2) is 0 Å². The lowest BCUT2D eigenvalue weighted by Crippen LogP contribution is -2.55. The number of ether oxygens (including phenoxy) is 1. The van der Waals surface area contributed by atoms with Crippen molar-refractivity contribution in [2.75, 3.05) is 12.4 Å². The molecular weight excluding hydrogens is 454 g/mol. The number of carboxylic acid groups (broad SMARTS) is 1. The lowest BCUT2D eigenvalue weighted by molar-refractivity contribution is -0.142. The highest BCUT2D eigenvalue weighted by atomic mass is 16.5. The third-order valence-electron chi connectivity index (χ3n) is 6.91. The van der Waals surface area contributed by atoms with Gasteiger partial charge < -0.3 is 20.9 Å². The van der Waals surface area contributed by atoms with E-state index in [1.54, 1.807) is 7.11 Å². The molecule has 2 atom stereocenters. The average molecular weight is 488 g/mol. The van der Waals surface area contributed by atoms with Gasteiger partial charge in [-0.2, -0.15) is 0 Å². The molecule has 5 N–H and O–H groups in total. The third kappa shape index (κ3) is 5.27. The van der Waals surface area contributed by atoms with Gasteiger partial charge in [-0.3, -0.25) is 14.9 Å².